The Hall–Kier alpha value is -1.51. The summed E-state index contributed by atoms with van der Waals surface area (Å²) in [7, 11) is 1.80. The minimum absolute atomic E-state index is 0.0535. The van der Waals surface area contributed by atoms with E-state index in [2.05, 4.69) is 6.92 Å². The van der Waals surface area contributed by atoms with Crippen molar-refractivity contribution < 1.29 is 9.53 Å². The van der Waals surface area contributed by atoms with Crippen LogP contribution in [0.25, 0.3) is 0 Å². The lowest BCUT2D eigenvalue weighted by atomic mass is 10.1. The number of nitrogens with zero attached hydrogens (tertiary/aromatic N) is 1. The van der Waals surface area contributed by atoms with Crippen LogP contribution < -0.4 is 4.74 Å². The number of hydrogen-bond acceptors (Lipinski definition) is 2. The first kappa shape index (κ1) is 10.0. The molecule has 1 aromatic carbocycles. The van der Waals surface area contributed by atoms with Crippen LogP contribution >= 0.6 is 0 Å². The summed E-state index contributed by atoms with van der Waals surface area (Å²) in [5.41, 5.74) is 1.86. The maximum Gasteiger partial charge on any atom is 0.257 e. The molecule has 0 aromatic heterocycles. The average Bonchev–Trinajstić information content (AvgIpc) is 2.40. The fraction of sp³-hybridized carbons (Fsp3) is 0.417. The summed E-state index contributed by atoms with van der Waals surface area (Å²) in [4.78, 5) is 13.7. The van der Waals surface area contributed by atoms with Crippen molar-refractivity contribution in [2.75, 3.05) is 20.2 Å². The summed E-state index contributed by atoms with van der Waals surface area (Å²) in [6, 6.07) is 5.84. The number of fused-ring (bicyclic) bond motifs is 1. The molecule has 1 heterocycles. The van der Waals surface area contributed by atoms with Crippen molar-refractivity contribution in [2.45, 2.75) is 13.3 Å². The molecule has 0 bridgehead atoms. The summed E-state index contributed by atoms with van der Waals surface area (Å²) in [6.45, 7) is 3.29. The Balaban J connectivity index is 2.46. The Kier molecular flexibility index (Phi) is 2.62. The Morgan fingerprint density at radius 2 is 2.27 bits per heavy atom. The Labute approximate surface area is 89.7 Å². The van der Waals surface area contributed by atoms with Crippen LogP contribution in [0.15, 0.2) is 18.2 Å². The van der Waals surface area contributed by atoms with E-state index in [9.17, 15) is 4.79 Å². The van der Waals surface area contributed by atoms with Crippen LogP contribution in [0.1, 0.15) is 22.8 Å². The third-order valence-corrected chi connectivity index (χ3v) is 2.71. The molecule has 1 amide bonds. The second-order valence-corrected chi connectivity index (χ2v) is 3.76. The van der Waals surface area contributed by atoms with Gasteiger partial charge in [0.05, 0.1) is 12.1 Å². The van der Waals surface area contributed by atoms with E-state index in [1.165, 1.54) is 5.56 Å². The topological polar surface area (TPSA) is 29.5 Å². The molecule has 0 aliphatic carbocycles. The van der Waals surface area contributed by atoms with Crippen LogP contribution in [0.2, 0.25) is 0 Å². The van der Waals surface area contributed by atoms with E-state index in [1.807, 2.05) is 18.2 Å². The number of carbonyl (C=O) groups excluding carboxylic acids is 1. The molecule has 0 atom stereocenters. The maximum atomic E-state index is 12.0. The molecule has 0 radical (unpaired) electrons. The third kappa shape index (κ3) is 1.82. The van der Waals surface area contributed by atoms with Crippen LogP contribution in [0, 0.1) is 0 Å². The highest BCUT2D eigenvalue weighted by Crippen LogP contribution is 2.23. The maximum absolute atomic E-state index is 12.0. The highest BCUT2D eigenvalue weighted by molar-refractivity contribution is 5.97. The zero-order valence-electron chi connectivity index (χ0n) is 9.12. The lowest BCUT2D eigenvalue weighted by Crippen LogP contribution is -2.27. The number of aryl methyl sites for hydroxylation is 1. The van der Waals surface area contributed by atoms with Gasteiger partial charge in [-0.1, -0.05) is 13.0 Å². The first-order valence-corrected chi connectivity index (χ1v) is 5.23. The predicted octanol–water partition coefficient (Wildman–Crippen LogP) is 1.71. The van der Waals surface area contributed by atoms with Crippen molar-refractivity contribution in [1.29, 1.82) is 0 Å². The Bertz CT molecular complexity index is 387. The van der Waals surface area contributed by atoms with Gasteiger partial charge in [0, 0.05) is 7.05 Å². The summed E-state index contributed by atoms with van der Waals surface area (Å²) in [5, 5.41) is 0. The summed E-state index contributed by atoms with van der Waals surface area (Å²) in [6.07, 6.45) is 0.935. The van der Waals surface area contributed by atoms with Crippen LogP contribution in [0.3, 0.4) is 0 Å². The molecule has 0 saturated heterocycles. The molecule has 1 aliphatic heterocycles. The number of rotatable bonds is 1. The number of carbonyl (C=O) groups is 1. The molecule has 80 valence electrons. The monoisotopic (exact) mass is 205 g/mol. The minimum atomic E-state index is 0.0535. The van der Waals surface area contributed by atoms with Crippen molar-refractivity contribution in [1.82, 2.24) is 4.90 Å². The lowest BCUT2D eigenvalue weighted by Gasteiger charge is -2.12. The molecule has 0 N–H and O–H groups in total. The largest absolute Gasteiger partial charge is 0.491 e. The van der Waals surface area contributed by atoms with Crippen molar-refractivity contribution in [3.05, 3.63) is 29.3 Å². The van der Waals surface area contributed by atoms with Crippen LogP contribution in [0.5, 0.6) is 5.75 Å². The van der Waals surface area contributed by atoms with E-state index in [0.717, 1.165) is 6.42 Å². The van der Waals surface area contributed by atoms with Gasteiger partial charge in [0.25, 0.3) is 5.91 Å². The molecule has 3 heteroatoms. The second-order valence-electron chi connectivity index (χ2n) is 3.76. The number of ether oxygens (including phenoxy) is 1. The second kappa shape index (κ2) is 3.93. The van der Waals surface area contributed by atoms with Gasteiger partial charge in [-0.05, 0) is 24.1 Å². The Morgan fingerprint density at radius 1 is 1.47 bits per heavy atom. The van der Waals surface area contributed by atoms with Crippen molar-refractivity contribution in [3.63, 3.8) is 0 Å². The smallest absolute Gasteiger partial charge is 0.257 e. The molecule has 0 unspecified atom stereocenters. The van der Waals surface area contributed by atoms with E-state index < -0.39 is 0 Å². The molecule has 1 aromatic rings. The molecule has 0 fully saturated rings. The SMILES string of the molecule is CCc1ccc2c(c1)C(=O)N(C)CCO2. The fourth-order valence-corrected chi connectivity index (χ4v) is 1.69. The minimum Gasteiger partial charge on any atom is -0.491 e. The van der Waals surface area contributed by atoms with Gasteiger partial charge in [0.2, 0.25) is 0 Å². The summed E-state index contributed by atoms with van der Waals surface area (Å²) >= 11 is 0. The Morgan fingerprint density at radius 3 is 3.00 bits per heavy atom. The summed E-state index contributed by atoms with van der Waals surface area (Å²) < 4.78 is 5.53. The summed E-state index contributed by atoms with van der Waals surface area (Å²) in [5.74, 6) is 0.763. The number of benzene rings is 1. The first-order chi connectivity index (χ1) is 7.22. The van der Waals surface area contributed by atoms with E-state index >= 15 is 0 Å². The van der Waals surface area contributed by atoms with E-state index in [4.69, 9.17) is 4.74 Å². The van der Waals surface area contributed by atoms with Gasteiger partial charge >= 0.3 is 0 Å². The van der Waals surface area contributed by atoms with Crippen LogP contribution in [-0.4, -0.2) is 31.0 Å². The standard InChI is InChI=1S/C12H15NO2/c1-3-9-4-5-11-10(8-9)12(14)13(2)6-7-15-11/h4-5,8H,3,6-7H2,1-2H3. The van der Waals surface area contributed by atoms with Crippen molar-refractivity contribution in [2.24, 2.45) is 0 Å². The van der Waals surface area contributed by atoms with E-state index in [-0.39, 0.29) is 5.91 Å². The number of likely N-dealkylation sites (N-methyl/N-ethyl adjacent to an activating group) is 1. The average molecular weight is 205 g/mol. The first-order valence-electron chi connectivity index (χ1n) is 5.23. The zero-order chi connectivity index (χ0) is 10.8. The van der Waals surface area contributed by atoms with Crippen LogP contribution in [0.4, 0.5) is 0 Å². The predicted molar refractivity (Wildman–Crippen MR) is 58.3 cm³/mol. The highest BCUT2D eigenvalue weighted by atomic mass is 16.5. The lowest BCUT2D eigenvalue weighted by molar-refractivity contribution is 0.0796. The van der Waals surface area contributed by atoms with Gasteiger partial charge in [-0.15, -0.1) is 0 Å². The molecule has 3 nitrogen and oxygen atoms in total. The molecule has 1 aliphatic rings. The molecule has 2 rings (SSSR count). The number of amides is 1. The van der Waals surface area contributed by atoms with Crippen molar-refractivity contribution >= 4 is 5.91 Å². The van der Waals surface area contributed by atoms with E-state index in [0.29, 0.717) is 24.5 Å². The molecular weight excluding hydrogens is 190 g/mol. The van der Waals surface area contributed by atoms with Gasteiger partial charge in [-0.3, -0.25) is 4.79 Å². The highest BCUT2D eigenvalue weighted by Gasteiger charge is 2.20. The van der Waals surface area contributed by atoms with Gasteiger partial charge in [0.15, 0.2) is 0 Å². The molecule has 0 saturated carbocycles. The fourth-order valence-electron chi connectivity index (χ4n) is 1.69. The van der Waals surface area contributed by atoms with Crippen LogP contribution in [-0.2, 0) is 6.42 Å². The normalized spacial score (nSPS) is 15.6. The van der Waals surface area contributed by atoms with Gasteiger partial charge in [-0.2, -0.15) is 0 Å². The van der Waals surface area contributed by atoms with Gasteiger partial charge < -0.3 is 9.64 Å². The van der Waals surface area contributed by atoms with E-state index in [1.54, 1.807) is 11.9 Å². The van der Waals surface area contributed by atoms with Crippen molar-refractivity contribution in [3.8, 4) is 5.75 Å². The van der Waals surface area contributed by atoms with Gasteiger partial charge in [-0.25, -0.2) is 0 Å². The molecule has 0 spiro atoms. The third-order valence-electron chi connectivity index (χ3n) is 2.71. The van der Waals surface area contributed by atoms with Gasteiger partial charge in [0.1, 0.15) is 12.4 Å². The molecule has 15 heavy (non-hydrogen) atoms. The number of hydrogen-bond donors (Lipinski definition) is 0. The zero-order valence-corrected chi connectivity index (χ0v) is 9.12. The molecular formula is C12H15NO2. The quantitative estimate of drug-likeness (QED) is 0.698.